The summed E-state index contributed by atoms with van der Waals surface area (Å²) in [5.74, 6) is 1.85. The summed E-state index contributed by atoms with van der Waals surface area (Å²) in [6.45, 7) is 13.5. The van der Waals surface area contributed by atoms with Crippen LogP contribution in [0.1, 0.15) is 112 Å². The van der Waals surface area contributed by atoms with Crippen LogP contribution in [0.15, 0.2) is 0 Å². The number of amides is 2. The van der Waals surface area contributed by atoms with Gasteiger partial charge in [0, 0.05) is 19.5 Å². The average Bonchev–Trinajstić information content (AvgIpc) is 3.23. The predicted molar refractivity (Wildman–Crippen MR) is 159 cm³/mol. The number of aliphatic hydroxyl groups is 3. The molecule has 4 rings (SSSR count). The Bertz CT molecular complexity index is 922. The molecule has 8 nitrogen and oxygen atoms in total. The lowest BCUT2D eigenvalue weighted by molar-refractivity contribution is -0.207. The molecule has 236 valence electrons. The predicted octanol–water partition coefficient (Wildman–Crippen LogP) is 4.79. The zero-order chi connectivity index (χ0) is 30.2. The molecule has 0 aromatic rings. The van der Waals surface area contributed by atoms with Crippen LogP contribution in [-0.4, -0.2) is 64.3 Å². The van der Waals surface area contributed by atoms with Crippen molar-refractivity contribution >= 4 is 12.0 Å². The van der Waals surface area contributed by atoms with Crippen LogP contribution in [-0.2, 0) is 9.53 Å². The molecule has 2 amide bonds. The van der Waals surface area contributed by atoms with Crippen LogP contribution in [0.4, 0.5) is 4.79 Å². The summed E-state index contributed by atoms with van der Waals surface area (Å²) < 4.78 is 5.23. The summed E-state index contributed by atoms with van der Waals surface area (Å²) in [5.41, 5.74) is -0.668. The van der Waals surface area contributed by atoms with Gasteiger partial charge in [-0.1, -0.05) is 20.8 Å². The van der Waals surface area contributed by atoms with Gasteiger partial charge in [0.2, 0.25) is 5.91 Å². The van der Waals surface area contributed by atoms with Crippen molar-refractivity contribution in [3.63, 3.8) is 0 Å². The molecule has 0 spiro atoms. The molecule has 41 heavy (non-hydrogen) atoms. The van der Waals surface area contributed by atoms with Crippen LogP contribution >= 0.6 is 0 Å². The maximum absolute atomic E-state index is 12.6. The van der Waals surface area contributed by atoms with Gasteiger partial charge >= 0.3 is 6.09 Å². The smallest absolute Gasteiger partial charge is 0.407 e. The molecule has 0 aliphatic heterocycles. The molecule has 0 saturated heterocycles. The number of hydrogen-bond donors (Lipinski definition) is 5. The van der Waals surface area contributed by atoms with E-state index >= 15 is 0 Å². The molecule has 0 aromatic heterocycles. The Morgan fingerprint density at radius 2 is 1.63 bits per heavy atom. The number of rotatable bonds is 9. The third kappa shape index (κ3) is 6.90. The molecule has 0 unspecified atom stereocenters. The third-order valence-electron chi connectivity index (χ3n) is 11.9. The first-order chi connectivity index (χ1) is 19.2. The van der Waals surface area contributed by atoms with Crippen molar-refractivity contribution in [2.75, 3.05) is 13.1 Å². The Morgan fingerprint density at radius 3 is 2.32 bits per heavy atom. The van der Waals surface area contributed by atoms with Crippen LogP contribution in [0.25, 0.3) is 0 Å². The molecule has 0 radical (unpaired) electrons. The van der Waals surface area contributed by atoms with E-state index in [4.69, 9.17) is 4.74 Å². The Balaban J connectivity index is 1.25. The molecule has 4 aliphatic carbocycles. The molecule has 0 aromatic carbocycles. The molecular formula is C33H58N2O6. The third-order valence-corrected chi connectivity index (χ3v) is 11.9. The number of carbonyl (C=O) groups is 2. The minimum absolute atomic E-state index is 0.0575. The summed E-state index contributed by atoms with van der Waals surface area (Å²) in [6, 6.07) is 0. The summed E-state index contributed by atoms with van der Waals surface area (Å²) >= 11 is 0. The molecule has 4 saturated carbocycles. The molecular weight excluding hydrogens is 520 g/mol. The van der Waals surface area contributed by atoms with Gasteiger partial charge in [-0.25, -0.2) is 4.79 Å². The topological polar surface area (TPSA) is 128 Å². The molecule has 5 N–H and O–H groups in total. The second-order valence-corrected chi connectivity index (χ2v) is 15.5. The highest BCUT2D eigenvalue weighted by molar-refractivity contribution is 5.75. The number of fused-ring (bicyclic) bond motifs is 5. The Morgan fingerprint density at radius 1 is 0.951 bits per heavy atom. The van der Waals surface area contributed by atoms with Crippen molar-refractivity contribution in [2.24, 2.45) is 46.3 Å². The summed E-state index contributed by atoms with van der Waals surface area (Å²) in [5, 5.41) is 39.3. The highest BCUT2D eigenvalue weighted by Crippen LogP contribution is 2.68. The van der Waals surface area contributed by atoms with Gasteiger partial charge in [-0.3, -0.25) is 4.79 Å². The second-order valence-electron chi connectivity index (χ2n) is 15.5. The fraction of sp³-hybridized carbons (Fsp3) is 0.939. The van der Waals surface area contributed by atoms with Crippen molar-refractivity contribution in [1.82, 2.24) is 10.6 Å². The highest BCUT2D eigenvalue weighted by Gasteiger charge is 2.65. The molecule has 0 bridgehead atoms. The van der Waals surface area contributed by atoms with Gasteiger partial charge in [0.15, 0.2) is 0 Å². The Hall–Kier alpha value is -1.38. The maximum atomic E-state index is 12.6. The summed E-state index contributed by atoms with van der Waals surface area (Å²) in [6.07, 6.45) is 7.56. The van der Waals surface area contributed by atoms with Crippen LogP contribution in [0, 0.1) is 46.3 Å². The lowest BCUT2D eigenvalue weighted by Gasteiger charge is -2.63. The SMILES string of the molecule is C[C@H](CCC(=O)NCCCCNC(=O)OC(C)(C)C)[C@H]1CC[C@H]2[C@@H]3[C@H](O)C[C@@H]4C[C@H](O)CC[C@]4(C)[C@H]3C[C@H](O)[C@]12C. The first kappa shape index (κ1) is 32.5. The fourth-order valence-electron chi connectivity index (χ4n) is 9.76. The van der Waals surface area contributed by atoms with Crippen LogP contribution in [0.2, 0.25) is 0 Å². The van der Waals surface area contributed by atoms with Gasteiger partial charge in [0.25, 0.3) is 0 Å². The minimum atomic E-state index is -0.511. The zero-order valence-corrected chi connectivity index (χ0v) is 26.5. The van der Waals surface area contributed by atoms with E-state index in [1.165, 1.54) is 0 Å². The van der Waals surface area contributed by atoms with Crippen molar-refractivity contribution < 1.29 is 29.6 Å². The molecule has 0 heterocycles. The van der Waals surface area contributed by atoms with Crippen molar-refractivity contribution in [2.45, 2.75) is 136 Å². The Kier molecular flexibility index (Phi) is 10.1. The van der Waals surface area contributed by atoms with E-state index in [1.807, 2.05) is 20.8 Å². The number of unbranched alkanes of at least 4 members (excludes halogenated alkanes) is 1. The molecule has 11 atom stereocenters. The lowest BCUT2D eigenvalue weighted by atomic mass is 9.43. The van der Waals surface area contributed by atoms with Crippen LogP contribution < -0.4 is 10.6 Å². The van der Waals surface area contributed by atoms with Gasteiger partial charge in [-0.15, -0.1) is 0 Å². The number of nitrogens with one attached hydrogen (secondary N) is 2. The van der Waals surface area contributed by atoms with E-state index in [-0.39, 0.29) is 34.9 Å². The number of alkyl carbamates (subject to hydrolysis) is 1. The number of ether oxygens (including phenoxy) is 1. The van der Waals surface area contributed by atoms with Crippen LogP contribution in [0.3, 0.4) is 0 Å². The van der Waals surface area contributed by atoms with Crippen molar-refractivity contribution in [1.29, 1.82) is 0 Å². The first-order valence-electron chi connectivity index (χ1n) is 16.4. The first-order valence-corrected chi connectivity index (χ1v) is 16.4. The normalized spacial score (nSPS) is 41.0. The van der Waals surface area contributed by atoms with E-state index in [0.717, 1.165) is 64.2 Å². The van der Waals surface area contributed by atoms with Crippen molar-refractivity contribution in [3.05, 3.63) is 0 Å². The molecule has 4 fully saturated rings. The van der Waals surface area contributed by atoms with Crippen LogP contribution in [0.5, 0.6) is 0 Å². The maximum Gasteiger partial charge on any atom is 0.407 e. The van der Waals surface area contributed by atoms with E-state index in [1.54, 1.807) is 0 Å². The largest absolute Gasteiger partial charge is 0.444 e. The number of aliphatic hydroxyl groups excluding tert-OH is 3. The summed E-state index contributed by atoms with van der Waals surface area (Å²) in [4.78, 5) is 24.3. The Labute approximate surface area is 247 Å². The quantitative estimate of drug-likeness (QED) is 0.251. The zero-order valence-electron chi connectivity index (χ0n) is 26.5. The minimum Gasteiger partial charge on any atom is -0.444 e. The monoisotopic (exact) mass is 578 g/mol. The van der Waals surface area contributed by atoms with E-state index < -0.39 is 17.8 Å². The van der Waals surface area contributed by atoms with Gasteiger partial charge < -0.3 is 30.7 Å². The second kappa shape index (κ2) is 12.7. The highest BCUT2D eigenvalue weighted by atomic mass is 16.6. The van der Waals surface area contributed by atoms with E-state index in [0.29, 0.717) is 49.1 Å². The van der Waals surface area contributed by atoms with Gasteiger partial charge in [-0.2, -0.15) is 0 Å². The van der Waals surface area contributed by atoms with E-state index in [9.17, 15) is 24.9 Å². The van der Waals surface area contributed by atoms with Gasteiger partial charge in [0.1, 0.15) is 5.60 Å². The van der Waals surface area contributed by atoms with E-state index in [2.05, 4.69) is 31.4 Å². The fourth-order valence-corrected chi connectivity index (χ4v) is 9.76. The van der Waals surface area contributed by atoms with Gasteiger partial charge in [0.05, 0.1) is 18.3 Å². The molecule has 8 heteroatoms. The number of carbonyl (C=O) groups excluding carboxylic acids is 2. The average molecular weight is 579 g/mol. The standard InChI is InChI=1S/C33H58N2O6/c1-20(9-12-28(39)34-15-7-8-16-35-30(40)41-31(2,3)4)23-10-11-24-29-25(19-27(38)33(23,24)6)32(5)14-13-22(36)17-21(32)18-26(29)37/h20-27,29,36-38H,7-19H2,1-6H3,(H,34,39)(H,35,40)/t20-,21+,22-,23-,24+,25+,26-,27+,29+,32+,33-/m1/s1. The molecule has 4 aliphatic rings. The number of hydrogen-bond acceptors (Lipinski definition) is 6. The lowest BCUT2D eigenvalue weighted by Crippen LogP contribution is -2.62. The summed E-state index contributed by atoms with van der Waals surface area (Å²) in [7, 11) is 0. The van der Waals surface area contributed by atoms with Gasteiger partial charge in [-0.05, 0) is 131 Å². The van der Waals surface area contributed by atoms with Crippen molar-refractivity contribution in [3.8, 4) is 0 Å².